The van der Waals surface area contributed by atoms with E-state index in [4.69, 9.17) is 9.47 Å². The van der Waals surface area contributed by atoms with Crippen molar-refractivity contribution in [2.75, 3.05) is 31.5 Å². The molecular weight excluding hydrogens is 600 g/mol. The minimum Gasteiger partial charge on any atom is -0.455 e. The average molecular weight is 639 g/mol. The molecule has 2 aliphatic heterocycles. The predicted octanol–water partition coefficient (Wildman–Crippen LogP) is 5.91. The molecule has 238 valence electrons. The topological polar surface area (TPSA) is 110 Å². The van der Waals surface area contributed by atoms with Gasteiger partial charge in [0.2, 0.25) is 5.91 Å². The smallest absolute Gasteiger partial charge is 0.246 e. The van der Waals surface area contributed by atoms with Gasteiger partial charge in [-0.25, -0.2) is 19.5 Å². The summed E-state index contributed by atoms with van der Waals surface area (Å²) in [5.74, 6) is 2.24. The van der Waals surface area contributed by atoms with Gasteiger partial charge in [-0.3, -0.25) is 9.69 Å². The normalized spacial score (nSPS) is 17.9. The van der Waals surface area contributed by atoms with Crippen molar-refractivity contribution < 1.29 is 14.3 Å². The van der Waals surface area contributed by atoms with E-state index < -0.39 is 0 Å². The summed E-state index contributed by atoms with van der Waals surface area (Å²) < 4.78 is 14.0. The lowest BCUT2D eigenvalue weighted by Gasteiger charge is -2.47. The average Bonchev–Trinajstić information content (AvgIpc) is 3.61. The van der Waals surface area contributed by atoms with Crippen LogP contribution in [0.1, 0.15) is 43.7 Å². The number of aromatic nitrogens is 5. The molecule has 7 rings (SSSR count). The van der Waals surface area contributed by atoms with Crippen molar-refractivity contribution in [3.63, 3.8) is 0 Å². The number of rotatable bonds is 7. The number of hydrogen-bond acceptors (Lipinski definition) is 10. The fraction of sp³-hybridized carbons (Fsp3) is 0.382. The zero-order chi connectivity index (χ0) is 32.1. The molecule has 1 aromatic carbocycles. The van der Waals surface area contributed by atoms with Crippen molar-refractivity contribution in [3.8, 4) is 11.5 Å². The molecule has 0 radical (unpaired) electrons. The summed E-state index contributed by atoms with van der Waals surface area (Å²) in [6.07, 6.45) is 9.39. The fourth-order valence-electron chi connectivity index (χ4n) is 6.66. The summed E-state index contributed by atoms with van der Waals surface area (Å²) >= 11 is 1.64. The Morgan fingerprint density at radius 1 is 1.09 bits per heavy atom. The number of aryl methyl sites for hydroxylation is 1. The molecule has 0 saturated carbocycles. The maximum atomic E-state index is 13.2. The number of hydrogen-bond donors (Lipinski definition) is 1. The zero-order valence-electron chi connectivity index (χ0n) is 26.8. The zero-order valence-corrected chi connectivity index (χ0v) is 27.6. The number of morpholine rings is 1. The van der Waals surface area contributed by atoms with E-state index in [0.29, 0.717) is 18.8 Å². The highest BCUT2D eigenvalue weighted by Gasteiger charge is 2.37. The van der Waals surface area contributed by atoms with Crippen LogP contribution in [-0.2, 0) is 22.5 Å². The number of amides is 1. The summed E-state index contributed by atoms with van der Waals surface area (Å²) in [7, 11) is 0. The van der Waals surface area contributed by atoms with Gasteiger partial charge in [-0.05, 0) is 82.5 Å². The highest BCUT2D eigenvalue weighted by atomic mass is 32.1. The van der Waals surface area contributed by atoms with Crippen molar-refractivity contribution >= 4 is 44.6 Å². The van der Waals surface area contributed by atoms with E-state index in [-0.39, 0.29) is 17.1 Å². The van der Waals surface area contributed by atoms with Crippen LogP contribution < -0.4 is 10.1 Å². The third-order valence-electron chi connectivity index (χ3n) is 8.25. The van der Waals surface area contributed by atoms with E-state index in [1.807, 2.05) is 54.4 Å². The van der Waals surface area contributed by atoms with Crippen LogP contribution in [0.5, 0.6) is 11.5 Å². The third-order valence-corrected chi connectivity index (χ3v) is 9.37. The summed E-state index contributed by atoms with van der Waals surface area (Å²) in [5, 5.41) is 8.72. The lowest BCUT2D eigenvalue weighted by Crippen LogP contribution is -2.57. The second-order valence-electron chi connectivity index (χ2n) is 13.2. The van der Waals surface area contributed by atoms with Crippen LogP contribution >= 0.6 is 11.3 Å². The first-order valence-corrected chi connectivity index (χ1v) is 16.3. The maximum absolute atomic E-state index is 13.2. The van der Waals surface area contributed by atoms with Gasteiger partial charge in [0, 0.05) is 42.8 Å². The Bertz CT molecular complexity index is 1950. The number of carbonyl (C=O) groups is 1. The lowest BCUT2D eigenvalue weighted by molar-refractivity contribution is -0.178. The molecule has 0 atom stereocenters. The molecule has 46 heavy (non-hydrogen) atoms. The largest absolute Gasteiger partial charge is 0.455 e. The second kappa shape index (κ2) is 11.8. The van der Waals surface area contributed by atoms with Crippen LogP contribution in [0.15, 0.2) is 61.3 Å². The molecule has 1 amide bonds. The van der Waals surface area contributed by atoms with Crippen LogP contribution in [0.3, 0.4) is 0 Å². The van der Waals surface area contributed by atoms with Gasteiger partial charge in [-0.2, -0.15) is 5.10 Å². The molecule has 11 nitrogen and oxygen atoms in total. The number of nitrogens with zero attached hydrogens (tertiary/aromatic N) is 7. The third kappa shape index (κ3) is 6.33. The van der Waals surface area contributed by atoms with E-state index >= 15 is 0 Å². The van der Waals surface area contributed by atoms with Gasteiger partial charge in [0.05, 0.1) is 29.3 Å². The molecule has 0 spiro atoms. The van der Waals surface area contributed by atoms with Gasteiger partial charge in [0.15, 0.2) is 5.65 Å². The molecule has 2 aliphatic rings. The molecule has 4 aromatic heterocycles. The molecule has 1 saturated heterocycles. The van der Waals surface area contributed by atoms with Gasteiger partial charge in [0.1, 0.15) is 34.8 Å². The van der Waals surface area contributed by atoms with Crippen molar-refractivity contribution in [3.05, 3.63) is 77.3 Å². The Kier molecular flexibility index (Phi) is 7.74. The Labute approximate surface area is 271 Å². The van der Waals surface area contributed by atoms with Crippen LogP contribution in [0.4, 0.5) is 11.5 Å². The number of benzene rings is 1. The minimum atomic E-state index is -0.216. The lowest BCUT2D eigenvalue weighted by atomic mass is 9.99. The van der Waals surface area contributed by atoms with Crippen LogP contribution in [-0.4, -0.2) is 77.7 Å². The fourth-order valence-corrected chi connectivity index (χ4v) is 7.86. The van der Waals surface area contributed by atoms with Gasteiger partial charge < -0.3 is 19.7 Å². The molecule has 12 heteroatoms. The highest BCUT2D eigenvalue weighted by molar-refractivity contribution is 7.19. The van der Waals surface area contributed by atoms with E-state index in [9.17, 15) is 4.79 Å². The molecule has 1 fully saturated rings. The molecule has 6 heterocycles. The maximum Gasteiger partial charge on any atom is 0.246 e. The molecule has 5 aromatic rings. The second-order valence-corrected chi connectivity index (χ2v) is 14.3. The van der Waals surface area contributed by atoms with Crippen LogP contribution in [0, 0.1) is 6.92 Å². The first kappa shape index (κ1) is 30.3. The van der Waals surface area contributed by atoms with Crippen molar-refractivity contribution in [2.24, 2.45) is 0 Å². The number of ether oxygens (including phenoxy) is 2. The Balaban J connectivity index is 1.02. The monoisotopic (exact) mass is 638 g/mol. The minimum absolute atomic E-state index is 0.0401. The summed E-state index contributed by atoms with van der Waals surface area (Å²) in [6, 6.07) is 9.72. The quantitative estimate of drug-likeness (QED) is 0.218. The molecule has 0 bridgehead atoms. The van der Waals surface area contributed by atoms with Gasteiger partial charge in [-0.1, -0.05) is 6.08 Å². The molecule has 0 unspecified atom stereocenters. The van der Waals surface area contributed by atoms with E-state index in [2.05, 4.69) is 58.0 Å². The predicted molar refractivity (Wildman–Crippen MR) is 179 cm³/mol. The molecular formula is C34H38N8O3S. The first-order valence-electron chi connectivity index (χ1n) is 15.5. The molecule has 0 aliphatic carbocycles. The number of anilines is 2. The van der Waals surface area contributed by atoms with E-state index in [1.165, 1.54) is 11.9 Å². The van der Waals surface area contributed by atoms with Gasteiger partial charge >= 0.3 is 0 Å². The van der Waals surface area contributed by atoms with Crippen LogP contribution in [0.25, 0.3) is 15.9 Å². The summed E-state index contributed by atoms with van der Waals surface area (Å²) in [6.45, 7) is 14.1. The SMILES string of the molecule is Cc1cc(Nc2ncnc3sc4c(c23)CCN(C(=O)/C=C/CN2CC(C)(C)OC(C)(C)C2)C4)ccc1Oc1ccc2ncnn2c1. The number of carbonyl (C=O) groups excluding carboxylic acids is 1. The van der Waals surface area contributed by atoms with Crippen molar-refractivity contribution in [1.29, 1.82) is 0 Å². The number of pyridine rings is 1. The molecule has 1 N–H and O–H groups in total. The standard InChI is InChI=1S/C34H38N8O3S/c1-22-15-23(8-10-26(22)44-24-9-11-28-35-21-38-42(28)16-24)39-31-30-25-12-14-41(17-27(25)46-32(30)37-20-36-31)29(43)7-6-13-40-18-33(2,3)45-34(4,5)19-40/h6-11,15-16,20-21H,12-14,17-19H2,1-5H3,(H,36,37,39)/b7-6+. The number of fused-ring (bicyclic) bond motifs is 4. The Morgan fingerprint density at radius 2 is 1.91 bits per heavy atom. The van der Waals surface area contributed by atoms with Crippen molar-refractivity contribution in [1.82, 2.24) is 34.4 Å². The summed E-state index contributed by atoms with van der Waals surface area (Å²) in [4.78, 5) is 32.9. The van der Waals surface area contributed by atoms with E-state index in [0.717, 1.165) is 69.6 Å². The number of nitrogens with one attached hydrogen (secondary N) is 1. The Hall–Kier alpha value is -4.39. The van der Waals surface area contributed by atoms with Gasteiger partial charge in [0.25, 0.3) is 0 Å². The number of thiophene rings is 1. The Morgan fingerprint density at radius 3 is 2.72 bits per heavy atom. The highest BCUT2D eigenvalue weighted by Crippen LogP contribution is 2.39. The van der Waals surface area contributed by atoms with Crippen molar-refractivity contribution in [2.45, 2.75) is 58.8 Å². The van der Waals surface area contributed by atoms with E-state index in [1.54, 1.807) is 28.3 Å². The first-order chi connectivity index (χ1) is 22.0. The van der Waals surface area contributed by atoms with Crippen LogP contribution in [0.2, 0.25) is 0 Å². The van der Waals surface area contributed by atoms with Gasteiger partial charge in [-0.15, -0.1) is 11.3 Å². The summed E-state index contributed by atoms with van der Waals surface area (Å²) in [5.41, 5.74) is 3.43.